The van der Waals surface area contributed by atoms with Crippen molar-refractivity contribution in [1.29, 1.82) is 0 Å². The van der Waals surface area contributed by atoms with Crippen molar-refractivity contribution in [2.45, 2.75) is 70.5 Å². The molecule has 1 N–H and O–H groups in total. The Kier molecular flexibility index (Phi) is 8.84. The number of benzene rings is 1. The molecule has 0 aromatic heterocycles. The quantitative estimate of drug-likeness (QED) is 0.664. The Hall–Kier alpha value is -2.12. The lowest BCUT2D eigenvalue weighted by atomic mass is 9.88. The van der Waals surface area contributed by atoms with Crippen molar-refractivity contribution in [3.8, 4) is 5.75 Å². The molecular weight excluding hydrogens is 428 g/mol. The fraction of sp³-hybridized carbons (Fsp3) is 0.704. The normalized spacial score (nSPS) is 24.3. The van der Waals surface area contributed by atoms with E-state index in [1.807, 2.05) is 21.9 Å². The molecule has 1 saturated carbocycles. The van der Waals surface area contributed by atoms with E-state index in [-0.39, 0.29) is 23.9 Å². The number of carbonyl (C=O) groups is 2. The summed E-state index contributed by atoms with van der Waals surface area (Å²) in [6.07, 6.45) is 8.21. The molecule has 2 aliphatic heterocycles. The van der Waals surface area contributed by atoms with Crippen molar-refractivity contribution in [1.82, 2.24) is 20.0 Å². The molecule has 1 aromatic carbocycles. The monoisotopic (exact) mass is 470 g/mol. The summed E-state index contributed by atoms with van der Waals surface area (Å²) in [5.41, 5.74) is 1.22. The number of rotatable bonds is 7. The molecule has 4 rings (SSSR count). The summed E-state index contributed by atoms with van der Waals surface area (Å²) in [6, 6.07) is 8.13. The number of methoxy groups -OCH3 is 1. The second-order valence-electron chi connectivity index (χ2n) is 10.3. The van der Waals surface area contributed by atoms with Crippen LogP contribution >= 0.6 is 0 Å². The van der Waals surface area contributed by atoms with Crippen LogP contribution in [0.5, 0.6) is 5.75 Å². The molecule has 1 aliphatic carbocycles. The van der Waals surface area contributed by atoms with Gasteiger partial charge in [0.25, 0.3) is 0 Å². The van der Waals surface area contributed by atoms with Crippen LogP contribution in [-0.4, -0.2) is 85.0 Å². The number of likely N-dealkylation sites (tertiary alicyclic amines) is 1. The van der Waals surface area contributed by atoms with Crippen molar-refractivity contribution >= 4 is 11.8 Å². The van der Waals surface area contributed by atoms with Crippen LogP contribution in [0.2, 0.25) is 0 Å². The Morgan fingerprint density at radius 1 is 1.12 bits per heavy atom. The second kappa shape index (κ2) is 12.0. The van der Waals surface area contributed by atoms with Gasteiger partial charge in [-0.2, -0.15) is 0 Å². The van der Waals surface area contributed by atoms with Gasteiger partial charge in [-0.1, -0.05) is 31.4 Å². The Labute approximate surface area is 204 Å². The number of amides is 2. The SMILES string of the molecule is COc1cccc(CN(CC2CCCCC2)C2CC(C(=O)N3CCCNCC3)N(C(C)=O)C2)c1. The van der Waals surface area contributed by atoms with Gasteiger partial charge in [-0.3, -0.25) is 14.5 Å². The number of hydrogen-bond donors (Lipinski definition) is 1. The van der Waals surface area contributed by atoms with Crippen molar-refractivity contribution in [2.24, 2.45) is 5.92 Å². The zero-order chi connectivity index (χ0) is 23.9. The first-order valence-corrected chi connectivity index (χ1v) is 13.2. The summed E-state index contributed by atoms with van der Waals surface area (Å²) in [5.74, 6) is 1.69. The van der Waals surface area contributed by atoms with E-state index in [2.05, 4.69) is 22.3 Å². The molecular formula is C27H42N4O3. The topological polar surface area (TPSA) is 65.1 Å². The van der Waals surface area contributed by atoms with Crippen molar-refractivity contribution in [2.75, 3.05) is 46.4 Å². The van der Waals surface area contributed by atoms with E-state index in [1.165, 1.54) is 37.7 Å². The summed E-state index contributed by atoms with van der Waals surface area (Å²) < 4.78 is 5.46. The first kappa shape index (κ1) is 25.0. The third-order valence-corrected chi connectivity index (χ3v) is 7.87. The first-order chi connectivity index (χ1) is 16.5. The minimum atomic E-state index is -0.347. The van der Waals surface area contributed by atoms with Gasteiger partial charge in [-0.05, 0) is 55.8 Å². The molecule has 1 aromatic rings. The Morgan fingerprint density at radius 3 is 2.71 bits per heavy atom. The fourth-order valence-corrected chi connectivity index (χ4v) is 5.99. The third kappa shape index (κ3) is 6.30. The molecule has 2 amide bonds. The zero-order valence-electron chi connectivity index (χ0n) is 21.0. The van der Waals surface area contributed by atoms with Gasteiger partial charge in [0.15, 0.2) is 0 Å². The van der Waals surface area contributed by atoms with Gasteiger partial charge < -0.3 is 19.9 Å². The molecule has 7 nitrogen and oxygen atoms in total. The molecule has 2 atom stereocenters. The van der Waals surface area contributed by atoms with Gasteiger partial charge in [0.1, 0.15) is 11.8 Å². The molecule has 188 valence electrons. The summed E-state index contributed by atoms with van der Waals surface area (Å²) in [5, 5.41) is 3.37. The van der Waals surface area contributed by atoms with Crippen LogP contribution in [0.4, 0.5) is 0 Å². The number of nitrogens with one attached hydrogen (secondary N) is 1. The van der Waals surface area contributed by atoms with Gasteiger partial charge in [-0.15, -0.1) is 0 Å². The summed E-state index contributed by atoms with van der Waals surface area (Å²) in [7, 11) is 1.70. The maximum Gasteiger partial charge on any atom is 0.245 e. The van der Waals surface area contributed by atoms with Crippen LogP contribution < -0.4 is 10.1 Å². The smallest absolute Gasteiger partial charge is 0.245 e. The van der Waals surface area contributed by atoms with Crippen LogP contribution in [-0.2, 0) is 16.1 Å². The Morgan fingerprint density at radius 2 is 1.94 bits per heavy atom. The molecule has 2 heterocycles. The average molecular weight is 471 g/mol. The lowest BCUT2D eigenvalue weighted by Crippen LogP contribution is -2.48. The van der Waals surface area contributed by atoms with Crippen LogP contribution in [0.1, 0.15) is 57.4 Å². The Bertz CT molecular complexity index is 818. The first-order valence-electron chi connectivity index (χ1n) is 13.2. The number of nitrogens with zero attached hydrogens (tertiary/aromatic N) is 3. The van der Waals surface area contributed by atoms with Gasteiger partial charge in [0, 0.05) is 52.2 Å². The van der Waals surface area contributed by atoms with Crippen LogP contribution in [0.15, 0.2) is 24.3 Å². The molecule has 7 heteroatoms. The number of carbonyl (C=O) groups excluding carboxylic acids is 2. The van der Waals surface area contributed by atoms with E-state index in [0.29, 0.717) is 12.5 Å². The van der Waals surface area contributed by atoms with Crippen molar-refractivity contribution < 1.29 is 14.3 Å². The summed E-state index contributed by atoms with van der Waals surface area (Å²) >= 11 is 0. The minimum Gasteiger partial charge on any atom is -0.497 e. The van der Waals surface area contributed by atoms with Crippen LogP contribution in [0.3, 0.4) is 0 Å². The fourth-order valence-electron chi connectivity index (χ4n) is 5.99. The van der Waals surface area contributed by atoms with Crippen molar-refractivity contribution in [3.05, 3.63) is 29.8 Å². The van der Waals surface area contributed by atoms with E-state index in [4.69, 9.17) is 4.74 Å². The maximum atomic E-state index is 13.5. The minimum absolute atomic E-state index is 0.00722. The number of hydrogen-bond acceptors (Lipinski definition) is 5. The maximum absolute atomic E-state index is 13.5. The molecule has 2 saturated heterocycles. The highest BCUT2D eigenvalue weighted by atomic mass is 16.5. The van der Waals surface area contributed by atoms with E-state index in [9.17, 15) is 9.59 Å². The van der Waals surface area contributed by atoms with Crippen LogP contribution in [0.25, 0.3) is 0 Å². The predicted octanol–water partition coefficient (Wildman–Crippen LogP) is 2.89. The average Bonchev–Trinajstić information content (AvgIpc) is 3.13. The molecule has 0 bridgehead atoms. The van der Waals surface area contributed by atoms with Gasteiger partial charge >= 0.3 is 0 Å². The lowest BCUT2D eigenvalue weighted by molar-refractivity contribution is -0.142. The van der Waals surface area contributed by atoms with Crippen molar-refractivity contribution in [3.63, 3.8) is 0 Å². The predicted molar refractivity (Wildman–Crippen MR) is 134 cm³/mol. The number of ether oxygens (including phenoxy) is 1. The molecule has 2 unspecified atom stereocenters. The third-order valence-electron chi connectivity index (χ3n) is 7.87. The Balaban J connectivity index is 1.52. The molecule has 3 fully saturated rings. The van der Waals surface area contributed by atoms with E-state index in [0.717, 1.165) is 57.9 Å². The van der Waals surface area contributed by atoms with Crippen LogP contribution in [0, 0.1) is 5.92 Å². The molecule has 0 spiro atoms. The molecule has 0 radical (unpaired) electrons. The molecule has 34 heavy (non-hydrogen) atoms. The lowest BCUT2D eigenvalue weighted by Gasteiger charge is -2.34. The highest BCUT2D eigenvalue weighted by Gasteiger charge is 2.42. The van der Waals surface area contributed by atoms with E-state index in [1.54, 1.807) is 14.0 Å². The zero-order valence-corrected chi connectivity index (χ0v) is 21.0. The summed E-state index contributed by atoms with van der Waals surface area (Å²) in [4.78, 5) is 32.5. The molecule has 3 aliphatic rings. The van der Waals surface area contributed by atoms with Gasteiger partial charge in [0.05, 0.1) is 7.11 Å². The van der Waals surface area contributed by atoms with Gasteiger partial charge in [0.2, 0.25) is 11.8 Å². The second-order valence-corrected chi connectivity index (χ2v) is 10.3. The summed E-state index contributed by atoms with van der Waals surface area (Å²) in [6.45, 7) is 7.36. The van der Waals surface area contributed by atoms with Gasteiger partial charge in [-0.25, -0.2) is 0 Å². The standard InChI is InChI=1S/C27H42N4O3/c1-21(32)31-20-24(17-26(31)27(33)29-14-7-12-28-13-15-29)30(18-22-8-4-3-5-9-22)19-23-10-6-11-25(16-23)34-2/h6,10-11,16,22,24,26,28H,3-5,7-9,12-15,17-20H2,1-2H3. The van der Waals surface area contributed by atoms with E-state index >= 15 is 0 Å². The largest absolute Gasteiger partial charge is 0.497 e. The highest BCUT2D eigenvalue weighted by molar-refractivity contribution is 5.87. The van der Waals surface area contributed by atoms with E-state index < -0.39 is 0 Å². The highest BCUT2D eigenvalue weighted by Crippen LogP contribution is 2.30.